The van der Waals surface area contributed by atoms with E-state index < -0.39 is 11.9 Å². The van der Waals surface area contributed by atoms with Gasteiger partial charge in [-0.2, -0.15) is 0 Å². The van der Waals surface area contributed by atoms with Crippen molar-refractivity contribution in [2.75, 3.05) is 5.75 Å². The summed E-state index contributed by atoms with van der Waals surface area (Å²) >= 11 is 7.14. The summed E-state index contributed by atoms with van der Waals surface area (Å²) in [4.78, 5) is 42.1. The first kappa shape index (κ1) is 22.4. The Morgan fingerprint density at radius 2 is 2.03 bits per heavy atom. The van der Waals surface area contributed by atoms with Crippen LogP contribution < -0.4 is 16.2 Å². The number of aromatic nitrogens is 2. The van der Waals surface area contributed by atoms with Crippen LogP contribution >= 0.6 is 23.4 Å². The molecular formula is C22H23ClN4O4S. The SMILES string of the molecule is O=C(CSc1nc2cc(Cl)ccc2c(=O)n1Cc1ccco1)NC(=O)NC1CCCCC1. The summed E-state index contributed by atoms with van der Waals surface area (Å²) in [6, 6.07) is 7.98. The van der Waals surface area contributed by atoms with Crippen LogP contribution in [0.2, 0.25) is 5.02 Å². The average molecular weight is 475 g/mol. The topological polar surface area (TPSA) is 106 Å². The van der Waals surface area contributed by atoms with Gasteiger partial charge in [-0.15, -0.1) is 0 Å². The summed E-state index contributed by atoms with van der Waals surface area (Å²) in [5.74, 6) is 0.0445. The fourth-order valence-corrected chi connectivity index (χ4v) is 4.71. The van der Waals surface area contributed by atoms with Crippen LogP contribution in [0, 0.1) is 0 Å². The molecule has 3 aromatic rings. The Kier molecular flexibility index (Phi) is 7.16. The van der Waals surface area contributed by atoms with Crippen LogP contribution in [-0.2, 0) is 11.3 Å². The number of carbonyl (C=O) groups is 2. The lowest BCUT2D eigenvalue weighted by atomic mass is 9.96. The standard InChI is InChI=1S/C22H23ClN4O4S/c23-14-8-9-17-18(11-14)25-22(27(20(17)29)12-16-7-4-10-31-16)32-13-19(28)26-21(30)24-15-5-2-1-3-6-15/h4,7-11,15H,1-3,5-6,12-13H2,(H2,24,26,28,30). The maximum absolute atomic E-state index is 13.1. The van der Waals surface area contributed by atoms with E-state index in [9.17, 15) is 14.4 Å². The van der Waals surface area contributed by atoms with E-state index in [1.165, 1.54) is 17.3 Å². The number of hydrogen-bond donors (Lipinski definition) is 2. The zero-order chi connectivity index (χ0) is 22.5. The molecule has 1 aliphatic carbocycles. The molecule has 1 fully saturated rings. The molecule has 0 atom stereocenters. The third kappa shape index (κ3) is 5.52. The van der Waals surface area contributed by atoms with E-state index >= 15 is 0 Å². The quantitative estimate of drug-likeness (QED) is 0.414. The third-order valence-electron chi connectivity index (χ3n) is 5.30. The van der Waals surface area contributed by atoms with Crippen molar-refractivity contribution in [3.8, 4) is 0 Å². The molecular weight excluding hydrogens is 452 g/mol. The molecule has 0 unspecified atom stereocenters. The molecule has 3 amide bonds. The highest BCUT2D eigenvalue weighted by Gasteiger charge is 2.18. The zero-order valence-electron chi connectivity index (χ0n) is 17.3. The maximum atomic E-state index is 13.1. The molecule has 1 aromatic carbocycles. The van der Waals surface area contributed by atoms with Crippen molar-refractivity contribution in [3.63, 3.8) is 0 Å². The zero-order valence-corrected chi connectivity index (χ0v) is 18.9. The normalized spacial score (nSPS) is 14.4. The van der Waals surface area contributed by atoms with Crippen molar-refractivity contribution in [3.05, 3.63) is 57.7 Å². The molecule has 1 aliphatic rings. The van der Waals surface area contributed by atoms with Crippen molar-refractivity contribution in [1.29, 1.82) is 0 Å². The van der Waals surface area contributed by atoms with Gasteiger partial charge in [0.15, 0.2) is 5.16 Å². The summed E-state index contributed by atoms with van der Waals surface area (Å²) in [5.41, 5.74) is 0.178. The summed E-state index contributed by atoms with van der Waals surface area (Å²) in [6.45, 7) is 0.170. The lowest BCUT2D eigenvalue weighted by Crippen LogP contribution is -2.45. The average Bonchev–Trinajstić information content (AvgIpc) is 3.28. The molecule has 4 rings (SSSR count). The second-order valence-corrected chi connectivity index (χ2v) is 9.05. The molecule has 2 aromatic heterocycles. The lowest BCUT2D eigenvalue weighted by molar-refractivity contribution is -0.117. The smallest absolute Gasteiger partial charge is 0.321 e. The van der Waals surface area contributed by atoms with Crippen molar-refractivity contribution in [2.24, 2.45) is 0 Å². The lowest BCUT2D eigenvalue weighted by Gasteiger charge is -2.22. The van der Waals surface area contributed by atoms with E-state index in [1.54, 1.807) is 30.3 Å². The van der Waals surface area contributed by atoms with Crippen LogP contribution in [0.4, 0.5) is 4.79 Å². The highest BCUT2D eigenvalue weighted by molar-refractivity contribution is 7.99. The number of hydrogen-bond acceptors (Lipinski definition) is 6. The fourth-order valence-electron chi connectivity index (χ4n) is 3.74. The van der Waals surface area contributed by atoms with Crippen LogP contribution in [0.3, 0.4) is 0 Å². The Morgan fingerprint density at radius 3 is 2.78 bits per heavy atom. The van der Waals surface area contributed by atoms with Crippen molar-refractivity contribution in [2.45, 2.75) is 49.8 Å². The molecule has 1 saturated carbocycles. The van der Waals surface area contributed by atoms with Crippen LogP contribution in [0.5, 0.6) is 0 Å². The fraction of sp³-hybridized carbons (Fsp3) is 0.364. The number of fused-ring (bicyclic) bond motifs is 1. The second-order valence-electron chi connectivity index (χ2n) is 7.67. The van der Waals surface area contributed by atoms with E-state index in [2.05, 4.69) is 15.6 Å². The number of furan rings is 1. The van der Waals surface area contributed by atoms with Crippen LogP contribution in [-0.4, -0.2) is 33.3 Å². The molecule has 32 heavy (non-hydrogen) atoms. The van der Waals surface area contributed by atoms with E-state index in [-0.39, 0.29) is 23.9 Å². The number of rotatable bonds is 6. The molecule has 8 nitrogen and oxygen atoms in total. The number of thioether (sulfide) groups is 1. The highest BCUT2D eigenvalue weighted by Crippen LogP contribution is 2.21. The van der Waals surface area contributed by atoms with Crippen molar-refractivity contribution >= 4 is 46.2 Å². The first-order valence-corrected chi connectivity index (χ1v) is 11.8. The Morgan fingerprint density at radius 1 is 1.22 bits per heavy atom. The Labute approximate surface area is 193 Å². The summed E-state index contributed by atoms with van der Waals surface area (Å²) in [7, 11) is 0. The van der Waals surface area contributed by atoms with Crippen molar-refractivity contribution < 1.29 is 14.0 Å². The number of nitrogens with one attached hydrogen (secondary N) is 2. The van der Waals surface area contributed by atoms with Gasteiger partial charge in [0, 0.05) is 11.1 Å². The highest BCUT2D eigenvalue weighted by atomic mass is 35.5. The third-order valence-corrected chi connectivity index (χ3v) is 6.51. The Hall–Kier alpha value is -2.78. The first-order chi connectivity index (χ1) is 15.5. The van der Waals surface area contributed by atoms with Gasteiger partial charge in [-0.1, -0.05) is 42.6 Å². The number of halogens is 1. The van der Waals surface area contributed by atoms with E-state index in [4.69, 9.17) is 16.0 Å². The van der Waals surface area contributed by atoms with Gasteiger partial charge in [-0.3, -0.25) is 19.5 Å². The van der Waals surface area contributed by atoms with Gasteiger partial charge < -0.3 is 9.73 Å². The minimum Gasteiger partial charge on any atom is -0.467 e. The monoisotopic (exact) mass is 474 g/mol. The van der Waals surface area contributed by atoms with Crippen LogP contribution in [0.15, 0.2) is 51.0 Å². The van der Waals surface area contributed by atoms with Crippen LogP contribution in [0.25, 0.3) is 10.9 Å². The summed E-state index contributed by atoms with van der Waals surface area (Å²) in [5, 5.41) is 6.42. The van der Waals surface area contributed by atoms with Crippen molar-refractivity contribution in [1.82, 2.24) is 20.2 Å². The Bertz CT molecular complexity index is 1170. The largest absolute Gasteiger partial charge is 0.467 e. The number of nitrogens with zero attached hydrogens (tertiary/aromatic N) is 2. The van der Waals surface area contributed by atoms with Gasteiger partial charge in [0.1, 0.15) is 5.76 Å². The molecule has 0 bridgehead atoms. The van der Waals surface area contributed by atoms with Gasteiger partial charge in [0.2, 0.25) is 5.91 Å². The minimum atomic E-state index is -0.492. The number of benzene rings is 1. The van der Waals surface area contributed by atoms with Gasteiger partial charge in [0.25, 0.3) is 5.56 Å². The predicted octanol–water partition coefficient (Wildman–Crippen LogP) is 3.94. The van der Waals surface area contributed by atoms with Crippen LogP contribution in [0.1, 0.15) is 37.9 Å². The second kappa shape index (κ2) is 10.2. The van der Waals surface area contributed by atoms with E-state index in [1.807, 2.05) is 0 Å². The number of carbonyl (C=O) groups excluding carboxylic acids is 2. The predicted molar refractivity (Wildman–Crippen MR) is 123 cm³/mol. The number of urea groups is 1. The van der Waals surface area contributed by atoms with Gasteiger partial charge in [-0.05, 0) is 43.2 Å². The van der Waals surface area contributed by atoms with Gasteiger partial charge >= 0.3 is 6.03 Å². The Balaban J connectivity index is 1.48. The molecule has 10 heteroatoms. The minimum absolute atomic E-state index is 0.0746. The van der Waals surface area contributed by atoms with E-state index in [0.29, 0.717) is 26.8 Å². The molecule has 2 heterocycles. The number of imide groups is 1. The van der Waals surface area contributed by atoms with Gasteiger partial charge in [-0.25, -0.2) is 9.78 Å². The first-order valence-electron chi connectivity index (χ1n) is 10.5. The van der Waals surface area contributed by atoms with E-state index in [0.717, 1.165) is 37.4 Å². The number of amides is 3. The molecule has 0 radical (unpaired) electrons. The summed E-state index contributed by atoms with van der Waals surface area (Å²) < 4.78 is 6.83. The maximum Gasteiger partial charge on any atom is 0.321 e. The molecule has 0 aliphatic heterocycles. The molecule has 168 valence electrons. The molecule has 2 N–H and O–H groups in total. The summed E-state index contributed by atoms with van der Waals surface area (Å²) in [6.07, 6.45) is 6.73. The molecule has 0 spiro atoms. The van der Waals surface area contributed by atoms with Gasteiger partial charge in [0.05, 0.1) is 29.5 Å². The molecule has 0 saturated heterocycles.